The molecule has 0 fully saturated rings. The quantitative estimate of drug-likeness (QED) is 0.881. The number of aryl methyl sites for hydroxylation is 1. The molecule has 3 rings (SSSR count). The Labute approximate surface area is 133 Å². The maximum atomic E-state index is 6.34. The van der Waals surface area contributed by atoms with Crippen molar-refractivity contribution in [3.05, 3.63) is 57.6 Å². The Morgan fingerprint density at radius 2 is 2.00 bits per heavy atom. The van der Waals surface area contributed by atoms with Gasteiger partial charge in [0.2, 0.25) is 0 Å². The van der Waals surface area contributed by atoms with Crippen LogP contribution in [-0.2, 0) is 0 Å². The van der Waals surface area contributed by atoms with E-state index in [9.17, 15) is 0 Å². The van der Waals surface area contributed by atoms with Gasteiger partial charge in [-0.25, -0.2) is 0 Å². The summed E-state index contributed by atoms with van der Waals surface area (Å²) < 4.78 is 12.5. The fourth-order valence-corrected chi connectivity index (χ4v) is 3.21. The number of nitrogens with two attached hydrogens (primary N) is 1. The van der Waals surface area contributed by atoms with Crippen molar-refractivity contribution in [1.82, 2.24) is 0 Å². The number of hydrogen-bond donors (Lipinski definition) is 1. The fraction of sp³-hybridized carbons (Fsp3) is 0.294. The third kappa shape index (κ3) is 2.78. The van der Waals surface area contributed by atoms with Crippen molar-refractivity contribution in [1.29, 1.82) is 0 Å². The third-order valence-electron chi connectivity index (χ3n) is 3.85. The molecule has 1 aliphatic rings. The molecule has 0 aliphatic carbocycles. The first-order valence-electron chi connectivity index (χ1n) is 6.94. The molecule has 4 heteroatoms. The summed E-state index contributed by atoms with van der Waals surface area (Å²) in [6, 6.07) is 12.1. The third-order valence-corrected chi connectivity index (χ3v) is 4.57. The van der Waals surface area contributed by atoms with E-state index >= 15 is 0 Å². The maximum Gasteiger partial charge on any atom is 0.127 e. The van der Waals surface area contributed by atoms with E-state index < -0.39 is 0 Å². The highest BCUT2D eigenvalue weighted by Crippen LogP contribution is 2.42. The minimum atomic E-state index is -0.0697. The van der Waals surface area contributed by atoms with Crippen molar-refractivity contribution >= 4 is 15.9 Å². The summed E-state index contributed by atoms with van der Waals surface area (Å²) in [6.07, 6.45) is 0.682. The molecule has 0 saturated heterocycles. The van der Waals surface area contributed by atoms with Crippen LogP contribution in [0.25, 0.3) is 0 Å². The van der Waals surface area contributed by atoms with Gasteiger partial charge < -0.3 is 15.2 Å². The van der Waals surface area contributed by atoms with E-state index in [1.807, 2.05) is 24.3 Å². The molecule has 2 atom stereocenters. The van der Waals surface area contributed by atoms with Gasteiger partial charge in [0.15, 0.2) is 0 Å². The standard InChI is InChI=1S/C17H18BrNO2/c1-10-3-6-16-13(7-10)15(19)9-17(21-16)12-8-11(20-2)4-5-14(12)18/h3-8,15,17H,9,19H2,1-2H3/t15-,17?/m1/s1. The molecule has 0 aromatic heterocycles. The van der Waals surface area contributed by atoms with E-state index in [1.54, 1.807) is 7.11 Å². The zero-order chi connectivity index (χ0) is 15.0. The Morgan fingerprint density at radius 3 is 2.76 bits per heavy atom. The van der Waals surface area contributed by atoms with Crippen LogP contribution < -0.4 is 15.2 Å². The van der Waals surface area contributed by atoms with Gasteiger partial charge in [0, 0.05) is 28.1 Å². The summed E-state index contributed by atoms with van der Waals surface area (Å²) >= 11 is 3.59. The van der Waals surface area contributed by atoms with Crippen molar-refractivity contribution < 1.29 is 9.47 Å². The molecule has 1 heterocycles. The van der Waals surface area contributed by atoms with Gasteiger partial charge in [-0.2, -0.15) is 0 Å². The van der Waals surface area contributed by atoms with Gasteiger partial charge in [0.25, 0.3) is 0 Å². The zero-order valence-electron chi connectivity index (χ0n) is 12.1. The van der Waals surface area contributed by atoms with Crippen LogP contribution in [0.2, 0.25) is 0 Å². The van der Waals surface area contributed by atoms with Crippen molar-refractivity contribution in [2.24, 2.45) is 5.73 Å². The minimum absolute atomic E-state index is 0.0169. The van der Waals surface area contributed by atoms with Gasteiger partial charge in [-0.05, 0) is 31.2 Å². The Morgan fingerprint density at radius 1 is 1.19 bits per heavy atom. The van der Waals surface area contributed by atoms with Gasteiger partial charge in [-0.15, -0.1) is 0 Å². The predicted octanol–water partition coefficient (Wildman–Crippen LogP) is 4.29. The molecular formula is C17H18BrNO2. The number of fused-ring (bicyclic) bond motifs is 1. The van der Waals surface area contributed by atoms with Gasteiger partial charge in [-0.1, -0.05) is 33.6 Å². The molecule has 2 aromatic carbocycles. The second-order valence-electron chi connectivity index (χ2n) is 5.38. The van der Waals surface area contributed by atoms with E-state index in [-0.39, 0.29) is 12.1 Å². The van der Waals surface area contributed by atoms with Crippen LogP contribution in [0.15, 0.2) is 40.9 Å². The lowest BCUT2D eigenvalue weighted by molar-refractivity contribution is 0.160. The van der Waals surface area contributed by atoms with Crippen molar-refractivity contribution in [2.75, 3.05) is 7.11 Å². The average molecular weight is 348 g/mol. The first-order valence-corrected chi connectivity index (χ1v) is 7.74. The summed E-state index contributed by atoms with van der Waals surface area (Å²) in [6.45, 7) is 2.07. The summed E-state index contributed by atoms with van der Waals surface area (Å²) in [5.41, 5.74) is 9.69. The maximum absolute atomic E-state index is 6.34. The Balaban J connectivity index is 1.97. The van der Waals surface area contributed by atoms with Crippen LogP contribution >= 0.6 is 15.9 Å². The van der Waals surface area contributed by atoms with E-state index in [2.05, 4.69) is 35.0 Å². The van der Waals surface area contributed by atoms with Crippen LogP contribution in [0.3, 0.4) is 0 Å². The molecule has 3 nitrogen and oxygen atoms in total. The SMILES string of the molecule is COc1ccc(Br)c(C2C[C@@H](N)c3cc(C)ccc3O2)c1. The molecule has 1 unspecified atom stereocenters. The molecule has 1 aliphatic heterocycles. The second-order valence-corrected chi connectivity index (χ2v) is 6.23. The van der Waals surface area contributed by atoms with Gasteiger partial charge in [0.1, 0.15) is 17.6 Å². The number of halogens is 1. The summed E-state index contributed by atoms with van der Waals surface area (Å²) in [5, 5.41) is 0. The molecule has 0 saturated carbocycles. The monoisotopic (exact) mass is 347 g/mol. The van der Waals surface area contributed by atoms with E-state index in [1.165, 1.54) is 5.56 Å². The Hall–Kier alpha value is -1.52. The number of rotatable bonds is 2. The van der Waals surface area contributed by atoms with E-state index in [0.29, 0.717) is 0 Å². The number of hydrogen-bond acceptors (Lipinski definition) is 3. The average Bonchev–Trinajstić information content (AvgIpc) is 2.48. The first kappa shape index (κ1) is 14.4. The van der Waals surface area contributed by atoms with Crippen LogP contribution in [0.4, 0.5) is 0 Å². The summed E-state index contributed by atoms with van der Waals surface area (Å²) in [5.74, 6) is 1.69. The number of benzene rings is 2. The largest absolute Gasteiger partial charge is 0.497 e. The summed E-state index contributed by atoms with van der Waals surface area (Å²) in [7, 11) is 1.67. The van der Waals surface area contributed by atoms with Crippen LogP contribution in [0.1, 0.15) is 35.3 Å². The molecule has 0 bridgehead atoms. The summed E-state index contributed by atoms with van der Waals surface area (Å²) in [4.78, 5) is 0. The second kappa shape index (κ2) is 5.70. The Bertz CT molecular complexity index is 672. The van der Waals surface area contributed by atoms with Crippen LogP contribution in [0, 0.1) is 6.92 Å². The molecule has 110 valence electrons. The van der Waals surface area contributed by atoms with Gasteiger partial charge >= 0.3 is 0 Å². The highest BCUT2D eigenvalue weighted by atomic mass is 79.9. The van der Waals surface area contributed by atoms with Crippen molar-refractivity contribution in [3.63, 3.8) is 0 Å². The highest BCUT2D eigenvalue weighted by molar-refractivity contribution is 9.10. The van der Waals surface area contributed by atoms with Crippen LogP contribution in [-0.4, -0.2) is 7.11 Å². The predicted molar refractivity (Wildman–Crippen MR) is 86.8 cm³/mol. The molecule has 0 spiro atoms. The van der Waals surface area contributed by atoms with Crippen molar-refractivity contribution in [2.45, 2.75) is 25.5 Å². The lowest BCUT2D eigenvalue weighted by Crippen LogP contribution is -2.24. The topological polar surface area (TPSA) is 44.5 Å². The van der Waals surface area contributed by atoms with E-state index in [4.69, 9.17) is 15.2 Å². The van der Waals surface area contributed by atoms with Gasteiger partial charge in [-0.3, -0.25) is 0 Å². The Kier molecular flexibility index (Phi) is 3.91. The van der Waals surface area contributed by atoms with Gasteiger partial charge in [0.05, 0.1) is 7.11 Å². The lowest BCUT2D eigenvalue weighted by Gasteiger charge is -2.31. The molecule has 2 aromatic rings. The number of methoxy groups -OCH3 is 1. The fourth-order valence-electron chi connectivity index (χ4n) is 2.71. The normalized spacial score (nSPS) is 20.6. The number of ether oxygens (including phenoxy) is 2. The molecule has 0 radical (unpaired) electrons. The molecule has 21 heavy (non-hydrogen) atoms. The first-order chi connectivity index (χ1) is 10.1. The molecule has 2 N–H and O–H groups in total. The smallest absolute Gasteiger partial charge is 0.127 e. The van der Waals surface area contributed by atoms with E-state index in [0.717, 1.165) is 33.5 Å². The lowest BCUT2D eigenvalue weighted by atomic mass is 9.92. The van der Waals surface area contributed by atoms with Crippen LogP contribution in [0.5, 0.6) is 11.5 Å². The highest BCUT2D eigenvalue weighted by Gasteiger charge is 2.28. The van der Waals surface area contributed by atoms with Crippen molar-refractivity contribution in [3.8, 4) is 11.5 Å². The molecule has 0 amide bonds. The minimum Gasteiger partial charge on any atom is -0.497 e. The molecular weight excluding hydrogens is 330 g/mol. The zero-order valence-corrected chi connectivity index (χ0v) is 13.7.